The SMILES string of the molecule is CC(NC(=O)C(N)CCCN=C(N)N)C(=O)NC(Cc1ccc(O)cc1)C(=O)NC(CCC(N)=O)C(=O)O. The Labute approximate surface area is 219 Å². The van der Waals surface area contributed by atoms with Crippen LogP contribution in [0.2, 0.25) is 0 Å². The number of phenols is 1. The monoisotopic (exact) mass is 536 g/mol. The van der Waals surface area contributed by atoms with Gasteiger partial charge in [-0.3, -0.25) is 24.2 Å². The summed E-state index contributed by atoms with van der Waals surface area (Å²) in [6.45, 7) is 1.67. The highest BCUT2D eigenvalue weighted by Crippen LogP contribution is 2.12. The maximum atomic E-state index is 13.0. The Hall–Kier alpha value is -4.40. The number of amides is 4. The van der Waals surface area contributed by atoms with Gasteiger partial charge in [0.1, 0.15) is 23.9 Å². The third-order valence-corrected chi connectivity index (χ3v) is 5.36. The van der Waals surface area contributed by atoms with Crippen LogP contribution in [-0.2, 0) is 30.4 Å². The second-order valence-corrected chi connectivity index (χ2v) is 8.62. The minimum Gasteiger partial charge on any atom is -0.508 e. The van der Waals surface area contributed by atoms with Crippen LogP contribution in [0.15, 0.2) is 29.3 Å². The number of nitrogens with two attached hydrogens (primary N) is 4. The average molecular weight is 537 g/mol. The second-order valence-electron chi connectivity index (χ2n) is 8.62. The highest BCUT2D eigenvalue weighted by molar-refractivity contribution is 5.94. The highest BCUT2D eigenvalue weighted by atomic mass is 16.4. The summed E-state index contributed by atoms with van der Waals surface area (Å²) in [5.41, 5.74) is 21.9. The lowest BCUT2D eigenvalue weighted by atomic mass is 10.0. The van der Waals surface area contributed by atoms with Crippen LogP contribution in [0.4, 0.5) is 0 Å². The summed E-state index contributed by atoms with van der Waals surface area (Å²) >= 11 is 0. The van der Waals surface area contributed by atoms with Gasteiger partial charge in [-0.25, -0.2) is 4.79 Å². The number of carboxylic acids is 1. The van der Waals surface area contributed by atoms with Gasteiger partial charge in [0, 0.05) is 19.4 Å². The lowest BCUT2D eigenvalue weighted by molar-refractivity contribution is -0.142. The molecule has 0 aliphatic heterocycles. The Morgan fingerprint density at radius 2 is 1.50 bits per heavy atom. The van der Waals surface area contributed by atoms with E-state index in [-0.39, 0.29) is 43.9 Å². The number of aromatic hydroxyl groups is 1. The summed E-state index contributed by atoms with van der Waals surface area (Å²) in [4.78, 5) is 64.6. The van der Waals surface area contributed by atoms with Crippen LogP contribution in [0.1, 0.15) is 38.2 Å². The molecular formula is C23H36N8O7. The average Bonchev–Trinajstić information content (AvgIpc) is 2.84. The maximum Gasteiger partial charge on any atom is 0.326 e. The summed E-state index contributed by atoms with van der Waals surface area (Å²) in [5.74, 6) is -4.38. The normalized spacial score (nSPS) is 13.7. The van der Waals surface area contributed by atoms with Gasteiger partial charge in [0.05, 0.1) is 6.04 Å². The van der Waals surface area contributed by atoms with Gasteiger partial charge in [-0.1, -0.05) is 12.1 Å². The van der Waals surface area contributed by atoms with Crippen molar-refractivity contribution < 1.29 is 34.2 Å². The van der Waals surface area contributed by atoms with Crippen LogP contribution >= 0.6 is 0 Å². The first-order valence-corrected chi connectivity index (χ1v) is 11.8. The van der Waals surface area contributed by atoms with Crippen molar-refractivity contribution in [2.45, 2.75) is 63.2 Å². The number of aliphatic imine (C=N–C) groups is 1. The van der Waals surface area contributed by atoms with Gasteiger partial charge in [-0.15, -0.1) is 0 Å². The summed E-state index contributed by atoms with van der Waals surface area (Å²) in [5, 5.41) is 26.2. The summed E-state index contributed by atoms with van der Waals surface area (Å²) in [6.07, 6.45) is 0.101. The fourth-order valence-corrected chi connectivity index (χ4v) is 3.23. The van der Waals surface area contributed by atoms with Crippen LogP contribution < -0.4 is 38.9 Å². The van der Waals surface area contributed by atoms with Gasteiger partial charge in [0.15, 0.2) is 5.96 Å². The highest BCUT2D eigenvalue weighted by Gasteiger charge is 2.29. The van der Waals surface area contributed by atoms with Crippen LogP contribution in [-0.4, -0.2) is 76.5 Å². The molecule has 1 aromatic rings. The van der Waals surface area contributed by atoms with Crippen molar-refractivity contribution in [3.63, 3.8) is 0 Å². The van der Waals surface area contributed by atoms with E-state index in [0.29, 0.717) is 12.0 Å². The zero-order chi connectivity index (χ0) is 28.8. The smallest absolute Gasteiger partial charge is 0.326 e. The van der Waals surface area contributed by atoms with Gasteiger partial charge in [0.25, 0.3) is 0 Å². The molecule has 0 heterocycles. The minimum atomic E-state index is -1.43. The van der Waals surface area contributed by atoms with Crippen molar-refractivity contribution in [2.75, 3.05) is 6.54 Å². The Kier molecular flexibility index (Phi) is 13.0. The number of guanidine groups is 1. The Balaban J connectivity index is 2.89. The molecule has 0 spiro atoms. The van der Waals surface area contributed by atoms with Gasteiger partial charge >= 0.3 is 5.97 Å². The topological polar surface area (TPSA) is 278 Å². The fourth-order valence-electron chi connectivity index (χ4n) is 3.23. The molecule has 0 aliphatic carbocycles. The molecule has 1 aromatic carbocycles. The first kappa shape index (κ1) is 31.6. The largest absolute Gasteiger partial charge is 0.508 e. The number of nitrogens with one attached hydrogen (secondary N) is 3. The van der Waals surface area contributed by atoms with E-state index in [4.69, 9.17) is 22.9 Å². The number of nitrogens with zero attached hydrogens (tertiary/aromatic N) is 1. The Bertz CT molecular complexity index is 1010. The first-order valence-electron chi connectivity index (χ1n) is 11.8. The molecule has 0 saturated heterocycles. The van der Waals surface area contributed by atoms with Gasteiger partial charge in [0.2, 0.25) is 23.6 Å². The zero-order valence-electron chi connectivity index (χ0n) is 21.1. The molecule has 0 aliphatic rings. The predicted octanol–water partition coefficient (Wildman–Crippen LogP) is -2.86. The molecule has 38 heavy (non-hydrogen) atoms. The van der Waals surface area contributed by atoms with Gasteiger partial charge in [-0.2, -0.15) is 0 Å². The number of hydrogen-bond acceptors (Lipinski definition) is 8. The molecule has 15 nitrogen and oxygen atoms in total. The van der Waals surface area contributed by atoms with E-state index >= 15 is 0 Å². The number of aliphatic carboxylic acids is 1. The van der Waals surface area contributed by atoms with E-state index in [1.807, 2.05) is 0 Å². The summed E-state index contributed by atoms with van der Waals surface area (Å²) < 4.78 is 0. The summed E-state index contributed by atoms with van der Waals surface area (Å²) in [6, 6.07) is 1.11. The molecule has 1 rings (SSSR count). The zero-order valence-corrected chi connectivity index (χ0v) is 21.1. The molecule has 4 atom stereocenters. The van der Waals surface area contributed by atoms with Crippen LogP contribution in [0.3, 0.4) is 0 Å². The molecule has 4 unspecified atom stereocenters. The summed E-state index contributed by atoms with van der Waals surface area (Å²) in [7, 11) is 0. The van der Waals surface area contributed by atoms with Crippen LogP contribution in [0, 0.1) is 0 Å². The third-order valence-electron chi connectivity index (χ3n) is 5.36. The molecule has 0 fully saturated rings. The molecule has 0 radical (unpaired) electrons. The minimum absolute atomic E-state index is 0.0119. The molecule has 13 N–H and O–H groups in total. The molecule has 0 bridgehead atoms. The number of primary amides is 1. The standard InChI is InChI=1S/C23H36N8O7/c1-12(29-20(35)15(24)3-2-10-28-23(26)27)19(34)31-17(11-13-4-6-14(32)7-5-13)21(36)30-16(22(37)38)8-9-18(25)33/h4-7,12,15-17,32H,2-3,8-11,24H2,1H3,(H2,25,33)(H,29,35)(H,30,36)(H,31,34)(H,37,38)(H4,26,27,28). The van der Waals surface area contributed by atoms with Gasteiger partial charge < -0.3 is 49.1 Å². The molecule has 0 saturated carbocycles. The lowest BCUT2D eigenvalue weighted by Crippen LogP contribution is -2.57. The molecule has 4 amide bonds. The van der Waals surface area contributed by atoms with E-state index in [1.54, 1.807) is 0 Å². The quantitative estimate of drug-likeness (QED) is 0.0591. The number of phenolic OH excluding ortho intramolecular Hbond substituents is 1. The van der Waals surface area contributed by atoms with Crippen molar-refractivity contribution in [2.24, 2.45) is 27.9 Å². The van der Waals surface area contributed by atoms with Gasteiger partial charge in [-0.05, 0) is 43.9 Å². The third kappa shape index (κ3) is 12.0. The number of carbonyl (C=O) groups is 5. The number of carboxylic acid groups (broad SMARTS) is 1. The number of carbonyl (C=O) groups excluding carboxylic acids is 4. The maximum absolute atomic E-state index is 13.0. The van der Waals surface area contributed by atoms with Crippen molar-refractivity contribution in [1.29, 1.82) is 0 Å². The van der Waals surface area contributed by atoms with Crippen molar-refractivity contribution in [3.8, 4) is 5.75 Å². The van der Waals surface area contributed by atoms with E-state index in [1.165, 1.54) is 31.2 Å². The van der Waals surface area contributed by atoms with E-state index < -0.39 is 53.8 Å². The van der Waals surface area contributed by atoms with Crippen molar-refractivity contribution in [1.82, 2.24) is 16.0 Å². The second kappa shape index (κ2) is 15.7. The first-order chi connectivity index (χ1) is 17.8. The Morgan fingerprint density at radius 1 is 0.895 bits per heavy atom. The van der Waals surface area contributed by atoms with Crippen molar-refractivity contribution in [3.05, 3.63) is 29.8 Å². The Morgan fingerprint density at radius 3 is 2.05 bits per heavy atom. The fraction of sp³-hybridized carbons (Fsp3) is 0.478. The molecule has 210 valence electrons. The molecule has 15 heteroatoms. The van der Waals surface area contributed by atoms with Crippen LogP contribution in [0.5, 0.6) is 5.75 Å². The lowest BCUT2D eigenvalue weighted by Gasteiger charge is -2.24. The van der Waals surface area contributed by atoms with E-state index in [2.05, 4.69) is 20.9 Å². The number of rotatable bonds is 16. The number of benzene rings is 1. The molecule has 0 aromatic heterocycles. The van der Waals surface area contributed by atoms with E-state index in [9.17, 15) is 34.2 Å². The predicted molar refractivity (Wildman–Crippen MR) is 137 cm³/mol. The van der Waals surface area contributed by atoms with E-state index in [0.717, 1.165) is 0 Å². The van der Waals surface area contributed by atoms with Crippen LogP contribution in [0.25, 0.3) is 0 Å². The number of hydrogen-bond donors (Lipinski definition) is 9. The van der Waals surface area contributed by atoms with Crippen molar-refractivity contribution >= 4 is 35.6 Å². The molecular weight excluding hydrogens is 500 g/mol.